The van der Waals surface area contributed by atoms with Crippen molar-refractivity contribution in [1.29, 1.82) is 0 Å². The van der Waals surface area contributed by atoms with Crippen LogP contribution in [0.5, 0.6) is 11.5 Å². The Balaban J connectivity index is 1.72. The number of halogens is 1. The minimum absolute atomic E-state index is 0.0261. The molecule has 11 heteroatoms. The van der Waals surface area contributed by atoms with Crippen molar-refractivity contribution in [1.82, 2.24) is 10.2 Å². The maximum Gasteiger partial charge on any atom is 0.264 e. The van der Waals surface area contributed by atoms with E-state index in [1.165, 1.54) is 37.3 Å². The molecule has 0 aromatic heterocycles. The van der Waals surface area contributed by atoms with Gasteiger partial charge in [0.15, 0.2) is 11.5 Å². The van der Waals surface area contributed by atoms with Gasteiger partial charge in [0.05, 0.1) is 24.8 Å². The molecule has 9 nitrogen and oxygen atoms in total. The molecule has 0 bridgehead atoms. The van der Waals surface area contributed by atoms with E-state index >= 15 is 0 Å². The zero-order chi connectivity index (χ0) is 30.3. The van der Waals surface area contributed by atoms with Gasteiger partial charge >= 0.3 is 0 Å². The molecule has 224 valence electrons. The van der Waals surface area contributed by atoms with Crippen LogP contribution in [0.4, 0.5) is 5.69 Å². The molecule has 2 amide bonds. The highest BCUT2D eigenvalue weighted by Gasteiger charge is 2.33. The quantitative estimate of drug-likeness (QED) is 0.289. The number of rotatable bonds is 12. The lowest BCUT2D eigenvalue weighted by Gasteiger charge is -2.32. The highest BCUT2D eigenvalue weighted by atomic mass is 79.9. The number of sulfonamides is 1. The van der Waals surface area contributed by atoms with Crippen molar-refractivity contribution in [3.8, 4) is 11.5 Å². The van der Waals surface area contributed by atoms with Gasteiger partial charge in [0.1, 0.15) is 12.6 Å². The van der Waals surface area contributed by atoms with Gasteiger partial charge in [-0.15, -0.1) is 0 Å². The number of carbonyl (C=O) groups excluding carboxylic acids is 2. The van der Waals surface area contributed by atoms with Crippen molar-refractivity contribution in [3.05, 3.63) is 82.8 Å². The Morgan fingerprint density at radius 3 is 2.29 bits per heavy atom. The number of amides is 2. The van der Waals surface area contributed by atoms with Crippen LogP contribution in [0, 0.1) is 0 Å². The first-order valence-electron chi connectivity index (χ1n) is 13.8. The monoisotopic (exact) mass is 657 g/mol. The molecule has 42 heavy (non-hydrogen) atoms. The SMILES string of the molecule is COc1ccc(N(CC(=O)N(Cc2cccc(Br)c2)C(C)C(=O)NC2CCCC2)S(=O)(=O)c2ccccc2)cc1OC. The van der Waals surface area contributed by atoms with Gasteiger partial charge in [-0.25, -0.2) is 8.42 Å². The molecular formula is C31H36BrN3O6S. The van der Waals surface area contributed by atoms with Crippen LogP contribution in [0.1, 0.15) is 38.2 Å². The highest BCUT2D eigenvalue weighted by Crippen LogP contribution is 2.34. The van der Waals surface area contributed by atoms with Gasteiger partial charge < -0.3 is 19.7 Å². The molecule has 1 aliphatic carbocycles. The summed E-state index contributed by atoms with van der Waals surface area (Å²) in [4.78, 5) is 28.9. The molecule has 1 unspecified atom stereocenters. The van der Waals surface area contributed by atoms with Gasteiger partial charge in [-0.2, -0.15) is 0 Å². The molecule has 1 aliphatic rings. The van der Waals surface area contributed by atoms with Crippen molar-refractivity contribution < 1.29 is 27.5 Å². The summed E-state index contributed by atoms with van der Waals surface area (Å²) >= 11 is 3.47. The van der Waals surface area contributed by atoms with Crippen molar-refractivity contribution in [2.75, 3.05) is 25.1 Å². The van der Waals surface area contributed by atoms with Crippen LogP contribution in [-0.2, 0) is 26.2 Å². The van der Waals surface area contributed by atoms with Gasteiger partial charge in [-0.1, -0.05) is 59.1 Å². The molecule has 1 saturated carbocycles. The topological polar surface area (TPSA) is 105 Å². The fourth-order valence-electron chi connectivity index (χ4n) is 5.04. The lowest BCUT2D eigenvalue weighted by Crippen LogP contribution is -2.52. The van der Waals surface area contributed by atoms with Crippen LogP contribution in [0.3, 0.4) is 0 Å². The second-order valence-corrected chi connectivity index (χ2v) is 13.0. The summed E-state index contributed by atoms with van der Waals surface area (Å²) in [6.07, 6.45) is 3.91. The fourth-order valence-corrected chi connectivity index (χ4v) is 6.91. The summed E-state index contributed by atoms with van der Waals surface area (Å²) in [5.74, 6) is -0.0729. The smallest absolute Gasteiger partial charge is 0.264 e. The van der Waals surface area contributed by atoms with E-state index in [4.69, 9.17) is 9.47 Å². The number of nitrogens with one attached hydrogen (secondary N) is 1. The maximum atomic E-state index is 14.1. The van der Waals surface area contributed by atoms with E-state index in [0.717, 1.165) is 40.0 Å². The molecule has 3 aromatic carbocycles. The summed E-state index contributed by atoms with van der Waals surface area (Å²) in [7, 11) is -1.25. The van der Waals surface area contributed by atoms with Crippen LogP contribution in [0.25, 0.3) is 0 Å². The summed E-state index contributed by atoms with van der Waals surface area (Å²) in [6.45, 7) is 1.25. The molecule has 0 radical (unpaired) electrons. The van der Waals surface area contributed by atoms with Gasteiger partial charge in [-0.3, -0.25) is 13.9 Å². The number of carbonyl (C=O) groups is 2. The number of anilines is 1. The lowest BCUT2D eigenvalue weighted by molar-refractivity contribution is -0.139. The van der Waals surface area contributed by atoms with Gasteiger partial charge in [-0.05, 0) is 61.7 Å². The number of methoxy groups -OCH3 is 2. The normalized spacial score (nSPS) is 14.2. The molecule has 3 aromatic rings. The number of hydrogen-bond acceptors (Lipinski definition) is 6. The standard InChI is InChI=1S/C31H36BrN3O6S/c1-22(31(37)33-25-12-7-8-13-25)34(20-23-10-9-11-24(32)18-23)30(36)21-35(42(38,39)27-14-5-4-6-15-27)26-16-17-28(40-2)29(19-26)41-3/h4-6,9-11,14-19,22,25H,7-8,12-13,20-21H2,1-3H3,(H,33,37). The number of hydrogen-bond donors (Lipinski definition) is 1. The number of ether oxygens (including phenoxy) is 2. The van der Waals surface area contributed by atoms with Crippen molar-refractivity contribution >= 4 is 43.5 Å². The van der Waals surface area contributed by atoms with Gasteiger partial charge in [0, 0.05) is 23.1 Å². The summed E-state index contributed by atoms with van der Waals surface area (Å²) in [5.41, 5.74) is 1.01. The number of nitrogens with zero attached hydrogens (tertiary/aromatic N) is 2. The Morgan fingerprint density at radius 2 is 1.64 bits per heavy atom. The predicted molar refractivity (Wildman–Crippen MR) is 165 cm³/mol. The third kappa shape index (κ3) is 7.43. The lowest BCUT2D eigenvalue weighted by atomic mass is 10.1. The van der Waals surface area contributed by atoms with E-state index in [2.05, 4.69) is 21.2 Å². The molecule has 0 heterocycles. The van der Waals surface area contributed by atoms with E-state index in [0.29, 0.717) is 11.5 Å². The summed E-state index contributed by atoms with van der Waals surface area (Å²) < 4.78 is 40.6. The summed E-state index contributed by atoms with van der Waals surface area (Å²) in [5, 5.41) is 3.08. The Labute approximate surface area is 256 Å². The number of benzene rings is 3. The Morgan fingerprint density at radius 1 is 0.952 bits per heavy atom. The first-order chi connectivity index (χ1) is 20.1. The third-order valence-corrected chi connectivity index (χ3v) is 9.66. The first kappa shape index (κ1) is 31.4. The molecule has 4 rings (SSSR count). The molecular weight excluding hydrogens is 622 g/mol. The second kappa shape index (κ2) is 14.1. The highest BCUT2D eigenvalue weighted by molar-refractivity contribution is 9.10. The van der Waals surface area contributed by atoms with E-state index in [-0.39, 0.29) is 29.1 Å². The minimum Gasteiger partial charge on any atom is -0.493 e. The zero-order valence-corrected chi connectivity index (χ0v) is 26.4. The Bertz CT molecular complexity index is 1500. The molecule has 0 spiro atoms. The van der Waals surface area contributed by atoms with E-state index in [1.807, 2.05) is 24.3 Å². The predicted octanol–water partition coefficient (Wildman–Crippen LogP) is 5.14. The van der Waals surface area contributed by atoms with Crippen LogP contribution in [0.2, 0.25) is 0 Å². The minimum atomic E-state index is -4.19. The van der Waals surface area contributed by atoms with Gasteiger partial charge in [0.25, 0.3) is 10.0 Å². The average molecular weight is 659 g/mol. The molecule has 0 aliphatic heterocycles. The van der Waals surface area contributed by atoms with Crippen molar-refractivity contribution in [3.63, 3.8) is 0 Å². The Hall–Kier alpha value is -3.57. The zero-order valence-electron chi connectivity index (χ0n) is 24.0. The van der Waals surface area contributed by atoms with Crippen LogP contribution in [0.15, 0.2) is 82.2 Å². The fraction of sp³-hybridized carbons (Fsp3) is 0.355. The molecule has 0 saturated heterocycles. The van der Waals surface area contributed by atoms with Crippen LogP contribution in [-0.4, -0.2) is 58.0 Å². The van der Waals surface area contributed by atoms with Gasteiger partial charge in [0.2, 0.25) is 11.8 Å². The first-order valence-corrected chi connectivity index (χ1v) is 16.0. The third-order valence-electron chi connectivity index (χ3n) is 7.38. The molecule has 1 atom stereocenters. The Kier molecular flexibility index (Phi) is 10.5. The van der Waals surface area contributed by atoms with Crippen LogP contribution >= 0.6 is 15.9 Å². The average Bonchev–Trinajstić information content (AvgIpc) is 3.51. The molecule has 1 fully saturated rings. The van der Waals surface area contributed by atoms with Crippen LogP contribution < -0.4 is 19.1 Å². The maximum absolute atomic E-state index is 14.1. The van der Waals surface area contributed by atoms with E-state index in [9.17, 15) is 18.0 Å². The summed E-state index contributed by atoms with van der Waals surface area (Å²) in [6, 6.07) is 19.3. The van der Waals surface area contributed by atoms with E-state index in [1.54, 1.807) is 37.3 Å². The molecule has 1 N–H and O–H groups in total. The van der Waals surface area contributed by atoms with Crippen molar-refractivity contribution in [2.24, 2.45) is 0 Å². The van der Waals surface area contributed by atoms with Crippen molar-refractivity contribution in [2.45, 2.75) is 56.1 Å². The largest absolute Gasteiger partial charge is 0.493 e. The van der Waals surface area contributed by atoms with E-state index < -0.39 is 28.5 Å². The second-order valence-electron chi connectivity index (χ2n) is 10.2.